The first-order chi connectivity index (χ1) is 9.90. The SMILES string of the molecule is C=CCC[C@@H](NS(=O)(=O)c1ccc(C)cc1)C(=O)OCC. The third kappa shape index (κ3) is 5.32. The fourth-order valence-electron chi connectivity index (χ4n) is 1.73. The van der Waals surface area contributed by atoms with Crippen LogP contribution in [0.25, 0.3) is 0 Å². The van der Waals surface area contributed by atoms with E-state index in [9.17, 15) is 13.2 Å². The Hall–Kier alpha value is -1.66. The van der Waals surface area contributed by atoms with Crippen LogP contribution in [0.5, 0.6) is 0 Å². The van der Waals surface area contributed by atoms with Gasteiger partial charge in [0.25, 0.3) is 0 Å². The van der Waals surface area contributed by atoms with Gasteiger partial charge in [0.2, 0.25) is 10.0 Å². The van der Waals surface area contributed by atoms with Gasteiger partial charge < -0.3 is 4.74 Å². The first-order valence-electron chi connectivity index (χ1n) is 6.77. The van der Waals surface area contributed by atoms with E-state index in [0.717, 1.165) is 5.56 Å². The van der Waals surface area contributed by atoms with Crippen molar-refractivity contribution < 1.29 is 17.9 Å². The second-order valence-electron chi connectivity index (χ2n) is 4.61. The Morgan fingerprint density at radius 1 is 1.38 bits per heavy atom. The molecule has 0 aliphatic rings. The van der Waals surface area contributed by atoms with E-state index in [1.54, 1.807) is 25.1 Å². The minimum Gasteiger partial charge on any atom is -0.465 e. The maximum Gasteiger partial charge on any atom is 0.324 e. The number of benzene rings is 1. The van der Waals surface area contributed by atoms with Crippen molar-refractivity contribution in [3.8, 4) is 0 Å². The number of nitrogens with one attached hydrogen (secondary N) is 1. The number of aryl methyl sites for hydroxylation is 1. The molecule has 1 N–H and O–H groups in total. The van der Waals surface area contributed by atoms with Crippen molar-refractivity contribution in [2.75, 3.05) is 6.61 Å². The van der Waals surface area contributed by atoms with Gasteiger partial charge in [-0.2, -0.15) is 4.72 Å². The Morgan fingerprint density at radius 3 is 2.52 bits per heavy atom. The van der Waals surface area contributed by atoms with Gasteiger partial charge in [0, 0.05) is 0 Å². The van der Waals surface area contributed by atoms with E-state index in [2.05, 4.69) is 11.3 Å². The number of allylic oxidation sites excluding steroid dienone is 1. The molecule has 0 radical (unpaired) electrons. The molecule has 0 amide bonds. The first-order valence-corrected chi connectivity index (χ1v) is 8.25. The Bertz CT molecular complexity index is 578. The summed E-state index contributed by atoms with van der Waals surface area (Å²) in [7, 11) is -3.76. The summed E-state index contributed by atoms with van der Waals surface area (Å²) in [5, 5.41) is 0. The molecular weight excluding hydrogens is 290 g/mol. The third-order valence-corrected chi connectivity index (χ3v) is 4.35. The summed E-state index contributed by atoms with van der Waals surface area (Å²) in [6.07, 6.45) is 2.46. The molecular formula is C15H21NO4S. The largest absolute Gasteiger partial charge is 0.465 e. The number of esters is 1. The standard InChI is InChI=1S/C15H21NO4S/c1-4-6-7-14(15(17)20-5-2)16-21(18,19)13-10-8-12(3)9-11-13/h4,8-11,14,16H,1,5-7H2,2-3H3/t14-/m1/s1. The lowest BCUT2D eigenvalue weighted by Gasteiger charge is -2.16. The van der Waals surface area contributed by atoms with Crippen molar-refractivity contribution in [2.24, 2.45) is 0 Å². The van der Waals surface area contributed by atoms with Crippen LogP contribution in [0.15, 0.2) is 41.8 Å². The molecule has 0 aromatic heterocycles. The van der Waals surface area contributed by atoms with Crippen LogP contribution in [0, 0.1) is 6.92 Å². The molecule has 5 nitrogen and oxygen atoms in total. The lowest BCUT2D eigenvalue weighted by Crippen LogP contribution is -2.41. The monoisotopic (exact) mass is 311 g/mol. The summed E-state index contributed by atoms with van der Waals surface area (Å²) >= 11 is 0. The fourth-order valence-corrected chi connectivity index (χ4v) is 2.94. The summed E-state index contributed by atoms with van der Waals surface area (Å²) in [4.78, 5) is 12.0. The van der Waals surface area contributed by atoms with Gasteiger partial charge in [-0.3, -0.25) is 4.79 Å². The molecule has 1 aromatic rings. The van der Waals surface area contributed by atoms with E-state index < -0.39 is 22.0 Å². The lowest BCUT2D eigenvalue weighted by atomic mass is 10.2. The molecule has 0 aliphatic heterocycles. The van der Waals surface area contributed by atoms with Crippen LogP contribution in [0.2, 0.25) is 0 Å². The molecule has 1 rings (SSSR count). The van der Waals surface area contributed by atoms with E-state index in [1.165, 1.54) is 12.1 Å². The van der Waals surface area contributed by atoms with E-state index in [1.807, 2.05) is 6.92 Å². The predicted molar refractivity (Wildman–Crippen MR) is 81.4 cm³/mol. The molecule has 116 valence electrons. The number of carbonyl (C=O) groups excluding carboxylic acids is 1. The minimum atomic E-state index is -3.76. The summed E-state index contributed by atoms with van der Waals surface area (Å²) in [5.74, 6) is -0.574. The second kappa shape index (κ2) is 7.95. The van der Waals surface area contributed by atoms with E-state index >= 15 is 0 Å². The van der Waals surface area contributed by atoms with Gasteiger partial charge in [0.05, 0.1) is 11.5 Å². The predicted octanol–water partition coefficient (Wildman–Crippen LogP) is 2.17. The summed E-state index contributed by atoms with van der Waals surface area (Å²) in [6, 6.07) is 5.52. The normalized spacial score (nSPS) is 12.7. The Kier molecular flexibility index (Phi) is 6.58. The number of rotatable bonds is 8. The molecule has 0 spiro atoms. The van der Waals surface area contributed by atoms with E-state index in [-0.39, 0.29) is 11.5 Å². The number of carbonyl (C=O) groups is 1. The zero-order valence-electron chi connectivity index (χ0n) is 12.3. The lowest BCUT2D eigenvalue weighted by molar-refractivity contribution is -0.145. The number of hydrogen-bond acceptors (Lipinski definition) is 4. The molecule has 0 heterocycles. The van der Waals surface area contributed by atoms with Gasteiger partial charge in [-0.15, -0.1) is 6.58 Å². The number of hydrogen-bond donors (Lipinski definition) is 1. The van der Waals surface area contributed by atoms with E-state index in [0.29, 0.717) is 12.8 Å². The van der Waals surface area contributed by atoms with Gasteiger partial charge in [-0.1, -0.05) is 23.8 Å². The minimum absolute atomic E-state index is 0.126. The smallest absolute Gasteiger partial charge is 0.324 e. The number of ether oxygens (including phenoxy) is 1. The molecule has 1 atom stereocenters. The van der Waals surface area contributed by atoms with Gasteiger partial charge in [0.15, 0.2) is 0 Å². The van der Waals surface area contributed by atoms with Gasteiger partial charge in [-0.05, 0) is 38.8 Å². The maximum atomic E-state index is 12.3. The Balaban J connectivity index is 2.92. The summed E-state index contributed by atoms with van der Waals surface area (Å²) in [6.45, 7) is 7.32. The van der Waals surface area contributed by atoms with Crippen LogP contribution in [-0.4, -0.2) is 27.0 Å². The highest BCUT2D eigenvalue weighted by atomic mass is 32.2. The topological polar surface area (TPSA) is 72.5 Å². The van der Waals surface area contributed by atoms with Crippen molar-refractivity contribution in [1.29, 1.82) is 0 Å². The zero-order chi connectivity index (χ0) is 15.9. The van der Waals surface area contributed by atoms with Gasteiger partial charge in [0.1, 0.15) is 6.04 Å². The highest BCUT2D eigenvalue weighted by molar-refractivity contribution is 7.89. The molecule has 6 heteroatoms. The molecule has 0 unspecified atom stereocenters. The van der Waals surface area contributed by atoms with Crippen molar-refractivity contribution >= 4 is 16.0 Å². The van der Waals surface area contributed by atoms with Crippen LogP contribution >= 0.6 is 0 Å². The Labute approximate surface area is 126 Å². The molecule has 21 heavy (non-hydrogen) atoms. The number of sulfonamides is 1. The van der Waals surface area contributed by atoms with Gasteiger partial charge >= 0.3 is 5.97 Å². The quantitative estimate of drug-likeness (QED) is 0.590. The van der Waals surface area contributed by atoms with Crippen LogP contribution in [-0.2, 0) is 19.6 Å². The molecule has 0 saturated carbocycles. The second-order valence-corrected chi connectivity index (χ2v) is 6.32. The highest BCUT2D eigenvalue weighted by Gasteiger charge is 2.26. The van der Waals surface area contributed by atoms with Crippen LogP contribution < -0.4 is 4.72 Å². The van der Waals surface area contributed by atoms with Crippen molar-refractivity contribution in [3.05, 3.63) is 42.5 Å². The molecule has 0 saturated heterocycles. The van der Waals surface area contributed by atoms with E-state index in [4.69, 9.17) is 4.74 Å². The maximum absolute atomic E-state index is 12.3. The molecule has 1 aromatic carbocycles. The average Bonchev–Trinajstić information content (AvgIpc) is 2.44. The summed E-state index contributed by atoms with van der Waals surface area (Å²) in [5.41, 5.74) is 0.961. The average molecular weight is 311 g/mol. The molecule has 0 aliphatic carbocycles. The van der Waals surface area contributed by atoms with Crippen LogP contribution in [0.1, 0.15) is 25.3 Å². The van der Waals surface area contributed by atoms with Crippen molar-refractivity contribution in [1.82, 2.24) is 4.72 Å². The molecule has 0 bridgehead atoms. The fraction of sp³-hybridized carbons (Fsp3) is 0.400. The zero-order valence-corrected chi connectivity index (χ0v) is 13.2. The third-order valence-electron chi connectivity index (χ3n) is 2.86. The van der Waals surface area contributed by atoms with Crippen LogP contribution in [0.3, 0.4) is 0 Å². The summed E-state index contributed by atoms with van der Waals surface area (Å²) < 4.78 is 31.9. The van der Waals surface area contributed by atoms with Crippen molar-refractivity contribution in [3.63, 3.8) is 0 Å². The highest BCUT2D eigenvalue weighted by Crippen LogP contribution is 2.12. The Morgan fingerprint density at radius 2 is 2.00 bits per heavy atom. The first kappa shape index (κ1) is 17.4. The molecule has 0 fully saturated rings. The van der Waals surface area contributed by atoms with Crippen LogP contribution in [0.4, 0.5) is 0 Å². The van der Waals surface area contributed by atoms with Gasteiger partial charge in [-0.25, -0.2) is 8.42 Å². The van der Waals surface area contributed by atoms with Crippen molar-refractivity contribution in [2.45, 2.75) is 37.6 Å².